The molecule has 1 N–H and O–H groups in total. The number of nitrogens with zero attached hydrogens (tertiary/aromatic N) is 4. The predicted octanol–water partition coefficient (Wildman–Crippen LogP) is 4.89. The van der Waals surface area contributed by atoms with E-state index in [1.807, 2.05) is 0 Å². The maximum absolute atomic E-state index is 16.3. The molecule has 3 heterocycles. The molecule has 1 aliphatic heterocycles. The van der Waals surface area contributed by atoms with Crippen LogP contribution in [0.25, 0.3) is 0 Å². The number of carbonyl (C=O) groups excluding carboxylic acids is 2. The maximum Gasteiger partial charge on any atom is 0.257 e. The van der Waals surface area contributed by atoms with Gasteiger partial charge in [0.2, 0.25) is 5.72 Å². The molecule has 2 aromatic heterocycles. The third-order valence-electron chi connectivity index (χ3n) is 7.27. The molecule has 6 rings (SSSR count). The minimum atomic E-state index is -1.72. The van der Waals surface area contributed by atoms with Crippen molar-refractivity contribution in [1.29, 1.82) is 0 Å². The number of ether oxygens (including phenoxy) is 1. The molecule has 1 aliphatic carbocycles. The highest BCUT2D eigenvalue weighted by atomic mass is 35.5. The summed E-state index contributed by atoms with van der Waals surface area (Å²) in [6.45, 7) is -0.0477. The average molecular weight is 581 g/mol. The number of rotatable bonds is 7. The van der Waals surface area contributed by atoms with Crippen molar-refractivity contribution in [2.45, 2.75) is 37.3 Å². The summed E-state index contributed by atoms with van der Waals surface area (Å²) in [5, 5.41) is 14.9. The Labute approximate surface area is 238 Å². The molecule has 204 valence electrons. The summed E-state index contributed by atoms with van der Waals surface area (Å²) in [5.41, 5.74) is -0.513. The van der Waals surface area contributed by atoms with Gasteiger partial charge in [0.25, 0.3) is 5.91 Å². The first-order valence-electron chi connectivity index (χ1n) is 12.6. The van der Waals surface area contributed by atoms with Gasteiger partial charge in [-0.2, -0.15) is 5.10 Å². The summed E-state index contributed by atoms with van der Waals surface area (Å²) < 4.78 is 24.4. The number of hydrogen-bond donors (Lipinski definition) is 1. The number of aryl methyl sites for hydroxylation is 1. The lowest BCUT2D eigenvalue weighted by molar-refractivity contribution is -0.191. The molecule has 1 saturated carbocycles. The quantitative estimate of drug-likeness (QED) is 0.313. The molecule has 2 aromatic carbocycles. The van der Waals surface area contributed by atoms with E-state index >= 15 is 4.39 Å². The molecule has 4 aromatic rings. The number of hydrogen-bond acceptors (Lipinski definition) is 6. The molecule has 40 heavy (non-hydrogen) atoms. The van der Waals surface area contributed by atoms with E-state index in [-0.39, 0.29) is 28.8 Å². The van der Waals surface area contributed by atoms with Crippen LogP contribution in [-0.2, 0) is 24.1 Å². The monoisotopic (exact) mass is 580 g/mol. The van der Waals surface area contributed by atoms with Gasteiger partial charge < -0.3 is 9.84 Å². The minimum Gasteiger partial charge on any atom is -0.393 e. The SMILES string of the molecule is Cn1cc(C(=O)c2cc(F)c3c(c2)C(=O)N(Cc2ccc(Cl)cn2)[C@@]3(O[C@H]2C[C@@H](O)C2)c2ccc(Cl)cc2)cn1. The van der Waals surface area contributed by atoms with E-state index in [2.05, 4.69) is 10.1 Å². The van der Waals surface area contributed by atoms with E-state index in [1.54, 1.807) is 43.4 Å². The van der Waals surface area contributed by atoms with Gasteiger partial charge in [-0.05, 0) is 49.2 Å². The average Bonchev–Trinajstić information content (AvgIpc) is 3.45. The zero-order chi connectivity index (χ0) is 28.2. The Bertz CT molecular complexity index is 1620. The lowest BCUT2D eigenvalue weighted by Gasteiger charge is -2.45. The summed E-state index contributed by atoms with van der Waals surface area (Å²) >= 11 is 12.2. The molecular weight excluding hydrogens is 558 g/mol. The molecule has 2 aliphatic rings. The van der Waals surface area contributed by atoms with Crippen LogP contribution in [0.15, 0.2) is 67.1 Å². The van der Waals surface area contributed by atoms with Gasteiger partial charge >= 0.3 is 0 Å². The number of amides is 1. The highest BCUT2D eigenvalue weighted by Gasteiger charge is 2.56. The van der Waals surface area contributed by atoms with E-state index in [9.17, 15) is 14.7 Å². The van der Waals surface area contributed by atoms with Crippen molar-refractivity contribution >= 4 is 34.9 Å². The Hall–Kier alpha value is -3.63. The number of fused-ring (bicyclic) bond motifs is 1. The van der Waals surface area contributed by atoms with Crippen molar-refractivity contribution in [1.82, 2.24) is 19.7 Å². The summed E-state index contributed by atoms with van der Waals surface area (Å²) in [5.74, 6) is -1.79. The number of halogens is 3. The number of pyridine rings is 1. The first-order valence-corrected chi connectivity index (χ1v) is 13.3. The fourth-order valence-electron chi connectivity index (χ4n) is 5.27. The summed E-state index contributed by atoms with van der Waals surface area (Å²) in [6.07, 6.45) is 4.01. The number of carbonyl (C=O) groups is 2. The molecular formula is C29H23Cl2FN4O4. The number of aliphatic hydroxyl groups excluding tert-OH is 1. The standard InChI is InChI=1S/C29H23Cl2FN4O4/c1-35-14-17(12-34-35)27(38)16-8-24-26(25(32)9-16)29(40-23-10-22(37)11-23,18-2-4-19(30)5-3-18)36(28(24)39)15-21-7-6-20(31)13-33-21/h2-9,12-14,22-23,37H,10-11,15H2,1H3/t22-,23+,29-/m1/s1. The van der Waals surface area contributed by atoms with Crippen LogP contribution in [0.2, 0.25) is 10.0 Å². The van der Waals surface area contributed by atoms with Crippen molar-refractivity contribution in [3.05, 3.63) is 116 Å². The second kappa shape index (κ2) is 10.1. The summed E-state index contributed by atoms with van der Waals surface area (Å²) in [4.78, 5) is 33.1. The Morgan fingerprint density at radius 1 is 1.10 bits per heavy atom. The fraction of sp³-hybridized carbons (Fsp3) is 0.241. The van der Waals surface area contributed by atoms with E-state index in [0.717, 1.165) is 6.07 Å². The number of aliphatic hydroxyl groups is 1. The van der Waals surface area contributed by atoms with E-state index in [1.165, 1.54) is 34.2 Å². The van der Waals surface area contributed by atoms with Crippen molar-refractivity contribution in [2.24, 2.45) is 7.05 Å². The minimum absolute atomic E-state index is 0.00368. The van der Waals surface area contributed by atoms with Gasteiger partial charge in [0.1, 0.15) is 5.82 Å². The van der Waals surface area contributed by atoms with Crippen LogP contribution in [0.4, 0.5) is 4.39 Å². The van der Waals surface area contributed by atoms with Crippen LogP contribution < -0.4 is 0 Å². The lowest BCUT2D eigenvalue weighted by Crippen LogP contribution is -2.51. The van der Waals surface area contributed by atoms with Crippen LogP contribution in [0.1, 0.15) is 55.9 Å². The van der Waals surface area contributed by atoms with Gasteiger partial charge in [-0.3, -0.25) is 24.2 Å². The molecule has 8 nitrogen and oxygen atoms in total. The Morgan fingerprint density at radius 3 is 2.45 bits per heavy atom. The predicted molar refractivity (Wildman–Crippen MR) is 145 cm³/mol. The van der Waals surface area contributed by atoms with Gasteiger partial charge in [0.05, 0.1) is 52.4 Å². The third-order valence-corrected chi connectivity index (χ3v) is 7.74. The van der Waals surface area contributed by atoms with Gasteiger partial charge in [-0.15, -0.1) is 0 Å². The lowest BCUT2D eigenvalue weighted by atomic mass is 9.87. The van der Waals surface area contributed by atoms with E-state index < -0.39 is 35.4 Å². The second-order valence-corrected chi connectivity index (χ2v) is 10.9. The summed E-state index contributed by atoms with van der Waals surface area (Å²) in [7, 11) is 1.67. The van der Waals surface area contributed by atoms with Crippen molar-refractivity contribution in [3.8, 4) is 0 Å². The van der Waals surface area contributed by atoms with E-state index in [0.29, 0.717) is 34.1 Å². The zero-order valence-corrected chi connectivity index (χ0v) is 22.7. The van der Waals surface area contributed by atoms with Crippen LogP contribution in [0, 0.1) is 5.82 Å². The molecule has 1 atom stereocenters. The molecule has 11 heteroatoms. The molecule has 0 saturated heterocycles. The smallest absolute Gasteiger partial charge is 0.257 e. The van der Waals surface area contributed by atoms with Crippen LogP contribution in [0.5, 0.6) is 0 Å². The van der Waals surface area contributed by atoms with Crippen molar-refractivity contribution in [3.63, 3.8) is 0 Å². The molecule has 0 spiro atoms. The largest absolute Gasteiger partial charge is 0.393 e. The topological polar surface area (TPSA) is 97.6 Å². The highest BCUT2D eigenvalue weighted by Crippen LogP contribution is 2.50. The first kappa shape index (κ1) is 26.6. The fourth-order valence-corrected chi connectivity index (χ4v) is 5.50. The van der Waals surface area contributed by atoms with Gasteiger partial charge in [-0.25, -0.2) is 4.39 Å². The number of ketones is 1. The Kier molecular flexibility index (Phi) is 6.70. The van der Waals surface area contributed by atoms with Gasteiger partial charge in [0.15, 0.2) is 5.78 Å². The maximum atomic E-state index is 16.3. The molecule has 1 amide bonds. The van der Waals surface area contributed by atoms with Crippen LogP contribution in [-0.4, -0.2) is 48.7 Å². The zero-order valence-electron chi connectivity index (χ0n) is 21.2. The first-order chi connectivity index (χ1) is 19.2. The Balaban J connectivity index is 1.55. The van der Waals surface area contributed by atoms with Crippen molar-refractivity contribution in [2.75, 3.05) is 0 Å². The van der Waals surface area contributed by atoms with Crippen molar-refractivity contribution < 1.29 is 23.8 Å². The normalized spacial score (nSPS) is 21.8. The molecule has 0 radical (unpaired) electrons. The highest BCUT2D eigenvalue weighted by molar-refractivity contribution is 6.30. The van der Waals surface area contributed by atoms with Gasteiger partial charge in [0, 0.05) is 35.6 Å². The third kappa shape index (κ3) is 4.49. The molecule has 1 fully saturated rings. The number of aromatic nitrogens is 3. The van der Waals surface area contributed by atoms with Crippen LogP contribution in [0.3, 0.4) is 0 Å². The Morgan fingerprint density at radius 2 is 1.82 bits per heavy atom. The summed E-state index contributed by atoms with van der Waals surface area (Å²) in [6, 6.07) is 12.5. The van der Waals surface area contributed by atoms with Gasteiger partial charge in [-0.1, -0.05) is 35.3 Å². The van der Waals surface area contributed by atoms with Crippen LogP contribution >= 0.6 is 23.2 Å². The molecule has 0 bridgehead atoms. The van der Waals surface area contributed by atoms with E-state index in [4.69, 9.17) is 27.9 Å². The second-order valence-electron chi connectivity index (χ2n) is 9.99. The number of benzene rings is 2. The molecule has 0 unspecified atom stereocenters.